The van der Waals surface area contributed by atoms with Gasteiger partial charge in [0.15, 0.2) is 5.78 Å². The average molecular weight is 440 g/mol. The van der Waals surface area contributed by atoms with Gasteiger partial charge in [0.05, 0.1) is 11.2 Å². The fraction of sp³-hybridized carbons (Fsp3) is 0.321. The van der Waals surface area contributed by atoms with Crippen LogP contribution in [0.2, 0.25) is 0 Å². The Morgan fingerprint density at radius 1 is 0.818 bits per heavy atom. The van der Waals surface area contributed by atoms with Crippen molar-refractivity contribution in [3.63, 3.8) is 0 Å². The van der Waals surface area contributed by atoms with Crippen molar-refractivity contribution >= 4 is 28.7 Å². The van der Waals surface area contributed by atoms with Gasteiger partial charge in [-0.15, -0.1) is 0 Å². The second kappa shape index (κ2) is 9.67. The van der Waals surface area contributed by atoms with E-state index in [4.69, 9.17) is 0 Å². The number of hydrogen-bond acceptors (Lipinski definition) is 4. The molecule has 0 spiro atoms. The van der Waals surface area contributed by atoms with Crippen LogP contribution < -0.4 is 0 Å². The minimum Gasteiger partial charge on any atom is -0.339 e. The Kier molecular flexibility index (Phi) is 6.31. The predicted octanol–water partition coefficient (Wildman–Crippen LogP) is 4.83. The summed E-state index contributed by atoms with van der Waals surface area (Å²) in [4.78, 5) is 34.7. The summed E-state index contributed by atoms with van der Waals surface area (Å²) in [5.41, 5.74) is 2.85. The molecule has 2 saturated heterocycles. The standard InChI is InChI=1S/C28H29N3O2/c32-27(14-13-24-12-11-21-5-1-2-6-26(21)29-24)22-7-9-23(10-8-22)28(33)31-19-15-25(16-20-31)30-17-3-4-18-30/h1-2,5-14,25H,3-4,15-20H2. The molecule has 0 bridgehead atoms. The minimum atomic E-state index is -0.101. The molecule has 3 aromatic rings. The number of fused-ring (bicyclic) bond motifs is 1. The van der Waals surface area contributed by atoms with E-state index in [-0.39, 0.29) is 11.7 Å². The maximum Gasteiger partial charge on any atom is 0.253 e. The summed E-state index contributed by atoms with van der Waals surface area (Å²) in [6.07, 6.45) is 7.98. The van der Waals surface area contributed by atoms with Crippen LogP contribution in [0.5, 0.6) is 0 Å². The summed E-state index contributed by atoms with van der Waals surface area (Å²) < 4.78 is 0. The van der Waals surface area contributed by atoms with Crippen LogP contribution in [0.3, 0.4) is 0 Å². The lowest BCUT2D eigenvalue weighted by molar-refractivity contribution is 0.0644. The zero-order valence-electron chi connectivity index (χ0n) is 18.8. The van der Waals surface area contributed by atoms with Crippen molar-refractivity contribution in [3.05, 3.63) is 83.6 Å². The molecule has 1 aromatic heterocycles. The van der Waals surface area contributed by atoms with Gasteiger partial charge < -0.3 is 9.80 Å². The van der Waals surface area contributed by atoms with Crippen molar-refractivity contribution in [1.29, 1.82) is 0 Å². The highest BCUT2D eigenvalue weighted by atomic mass is 16.2. The molecule has 5 nitrogen and oxygen atoms in total. The Labute approximate surface area is 194 Å². The molecule has 2 aromatic carbocycles. The molecule has 2 fully saturated rings. The molecule has 2 aliphatic heterocycles. The summed E-state index contributed by atoms with van der Waals surface area (Å²) in [7, 11) is 0. The number of para-hydroxylation sites is 1. The Balaban J connectivity index is 1.19. The lowest BCUT2D eigenvalue weighted by Gasteiger charge is -2.36. The van der Waals surface area contributed by atoms with Crippen LogP contribution in [0.1, 0.15) is 52.1 Å². The number of carbonyl (C=O) groups excluding carboxylic acids is 2. The highest BCUT2D eigenvalue weighted by Gasteiger charge is 2.28. The smallest absolute Gasteiger partial charge is 0.253 e. The number of likely N-dealkylation sites (tertiary alicyclic amines) is 2. The fourth-order valence-corrected chi connectivity index (χ4v) is 4.93. The SMILES string of the molecule is O=C(C=Cc1ccc2ccccc2n1)c1ccc(C(=O)N2CCC(N3CCCC3)CC2)cc1. The van der Waals surface area contributed by atoms with Crippen LogP contribution in [0.25, 0.3) is 17.0 Å². The molecule has 0 radical (unpaired) electrons. The van der Waals surface area contributed by atoms with E-state index < -0.39 is 0 Å². The number of allylic oxidation sites excluding steroid dienone is 1. The molecule has 0 saturated carbocycles. The molecule has 3 heterocycles. The van der Waals surface area contributed by atoms with E-state index in [1.165, 1.54) is 32.0 Å². The predicted molar refractivity (Wildman–Crippen MR) is 131 cm³/mol. The molecule has 168 valence electrons. The van der Waals surface area contributed by atoms with Crippen LogP contribution in [-0.4, -0.2) is 58.7 Å². The first-order valence-electron chi connectivity index (χ1n) is 11.9. The number of carbonyl (C=O) groups is 2. The van der Waals surface area contributed by atoms with Crippen molar-refractivity contribution in [1.82, 2.24) is 14.8 Å². The van der Waals surface area contributed by atoms with Gasteiger partial charge in [-0.2, -0.15) is 0 Å². The summed E-state index contributed by atoms with van der Waals surface area (Å²) >= 11 is 0. The second-order valence-electron chi connectivity index (χ2n) is 8.97. The second-order valence-corrected chi connectivity index (χ2v) is 8.97. The van der Waals surface area contributed by atoms with Crippen molar-refractivity contribution < 1.29 is 9.59 Å². The van der Waals surface area contributed by atoms with E-state index in [2.05, 4.69) is 9.88 Å². The van der Waals surface area contributed by atoms with E-state index >= 15 is 0 Å². The molecular weight excluding hydrogens is 410 g/mol. The van der Waals surface area contributed by atoms with Gasteiger partial charge in [-0.3, -0.25) is 9.59 Å². The van der Waals surface area contributed by atoms with Crippen LogP contribution in [0.15, 0.2) is 66.7 Å². The van der Waals surface area contributed by atoms with Crippen LogP contribution >= 0.6 is 0 Å². The molecule has 0 unspecified atom stereocenters. The Hall–Kier alpha value is -3.31. The van der Waals surface area contributed by atoms with Gasteiger partial charge in [-0.1, -0.05) is 36.4 Å². The first-order valence-corrected chi connectivity index (χ1v) is 11.9. The van der Waals surface area contributed by atoms with Crippen molar-refractivity contribution in [2.45, 2.75) is 31.7 Å². The van der Waals surface area contributed by atoms with Gasteiger partial charge in [-0.05, 0) is 75.2 Å². The maximum atomic E-state index is 12.9. The number of hydrogen-bond donors (Lipinski definition) is 0. The van der Waals surface area contributed by atoms with Crippen LogP contribution in [-0.2, 0) is 0 Å². The minimum absolute atomic E-state index is 0.0600. The Bertz CT molecular complexity index is 1170. The van der Waals surface area contributed by atoms with Gasteiger partial charge in [0, 0.05) is 35.6 Å². The topological polar surface area (TPSA) is 53.5 Å². The summed E-state index contributed by atoms with van der Waals surface area (Å²) in [5, 5.41) is 1.07. The van der Waals surface area contributed by atoms with Crippen molar-refractivity contribution in [3.8, 4) is 0 Å². The highest BCUT2D eigenvalue weighted by Crippen LogP contribution is 2.22. The molecule has 1 amide bonds. The van der Waals surface area contributed by atoms with E-state index in [0.717, 1.165) is 42.5 Å². The van der Waals surface area contributed by atoms with Gasteiger partial charge in [0.25, 0.3) is 5.91 Å². The molecule has 5 heteroatoms. The zero-order chi connectivity index (χ0) is 22.6. The zero-order valence-corrected chi connectivity index (χ0v) is 18.8. The number of piperidine rings is 1. The Morgan fingerprint density at radius 2 is 1.52 bits per heavy atom. The van der Waals surface area contributed by atoms with Crippen molar-refractivity contribution in [2.24, 2.45) is 0 Å². The first kappa shape index (κ1) is 21.5. The van der Waals surface area contributed by atoms with E-state index in [1.54, 1.807) is 30.3 Å². The van der Waals surface area contributed by atoms with Gasteiger partial charge in [0.2, 0.25) is 0 Å². The lowest BCUT2D eigenvalue weighted by Crippen LogP contribution is -2.45. The summed E-state index contributed by atoms with van der Waals surface area (Å²) in [6.45, 7) is 4.03. The monoisotopic (exact) mass is 439 g/mol. The van der Waals surface area contributed by atoms with E-state index in [0.29, 0.717) is 17.2 Å². The van der Waals surface area contributed by atoms with Gasteiger partial charge >= 0.3 is 0 Å². The molecule has 0 atom stereocenters. The Morgan fingerprint density at radius 3 is 2.27 bits per heavy atom. The van der Waals surface area contributed by atoms with Gasteiger partial charge in [-0.25, -0.2) is 4.98 Å². The summed E-state index contributed by atoms with van der Waals surface area (Å²) in [5.74, 6) is -0.0415. The number of rotatable bonds is 5. The molecule has 5 rings (SSSR count). The summed E-state index contributed by atoms with van der Waals surface area (Å²) in [6, 6.07) is 19.4. The van der Waals surface area contributed by atoms with Gasteiger partial charge in [0.1, 0.15) is 0 Å². The van der Waals surface area contributed by atoms with Crippen LogP contribution in [0, 0.1) is 0 Å². The molecule has 2 aliphatic rings. The van der Waals surface area contributed by atoms with E-state index in [9.17, 15) is 9.59 Å². The third-order valence-electron chi connectivity index (χ3n) is 6.85. The number of pyridine rings is 1. The lowest BCUT2D eigenvalue weighted by atomic mass is 10.0. The number of benzene rings is 2. The number of ketones is 1. The largest absolute Gasteiger partial charge is 0.339 e. The molecule has 0 N–H and O–H groups in total. The van der Waals surface area contributed by atoms with E-state index in [1.807, 2.05) is 41.3 Å². The highest BCUT2D eigenvalue weighted by molar-refractivity contribution is 6.07. The maximum absolute atomic E-state index is 12.9. The third-order valence-corrected chi connectivity index (χ3v) is 6.85. The number of aromatic nitrogens is 1. The number of amides is 1. The molecular formula is C28H29N3O2. The third kappa shape index (κ3) is 4.88. The fourth-order valence-electron chi connectivity index (χ4n) is 4.93. The van der Waals surface area contributed by atoms with Crippen molar-refractivity contribution in [2.75, 3.05) is 26.2 Å². The molecule has 0 aliphatic carbocycles. The first-order chi connectivity index (χ1) is 16.2. The quantitative estimate of drug-likeness (QED) is 0.422. The average Bonchev–Trinajstić information content (AvgIpc) is 3.42. The van der Waals surface area contributed by atoms with Crippen LogP contribution in [0.4, 0.5) is 0 Å². The molecule has 33 heavy (non-hydrogen) atoms. The normalized spacial score (nSPS) is 17.8. The number of nitrogens with zero attached hydrogens (tertiary/aromatic N) is 3.